The van der Waals surface area contributed by atoms with Crippen LogP contribution in [0.2, 0.25) is 0 Å². The second-order valence-corrected chi connectivity index (χ2v) is 2.63. The minimum Gasteiger partial charge on any atom is -0.548 e. The van der Waals surface area contributed by atoms with Gasteiger partial charge in [-0.05, 0) is 13.8 Å². The van der Waals surface area contributed by atoms with Crippen LogP contribution < -0.4 is 56.5 Å². The van der Waals surface area contributed by atoms with E-state index >= 15 is 0 Å². The molecule has 1 saturated heterocycles. The standard InChI is InChI=1S/C6H11NO2.K/c1-4(2)7-3-5(7)6(8)9;/h4-5H,3H2,1-2H3,(H,8,9);/q;+1/p-1. The summed E-state index contributed by atoms with van der Waals surface area (Å²) in [6.45, 7) is 4.62. The molecule has 2 unspecified atom stereocenters. The molecule has 0 aromatic heterocycles. The van der Waals surface area contributed by atoms with Gasteiger partial charge >= 0.3 is 51.4 Å². The molecule has 0 N–H and O–H groups in total. The number of carboxylic acid groups (broad SMARTS) is 1. The molecule has 0 amide bonds. The first-order valence-electron chi connectivity index (χ1n) is 3.09. The van der Waals surface area contributed by atoms with Gasteiger partial charge in [-0.3, -0.25) is 4.90 Å². The van der Waals surface area contributed by atoms with Gasteiger partial charge in [0.2, 0.25) is 0 Å². The van der Waals surface area contributed by atoms with Crippen LogP contribution in [0.15, 0.2) is 0 Å². The Kier molecular flexibility index (Phi) is 4.63. The maximum atomic E-state index is 10.1. The minimum atomic E-state index is -0.941. The molecule has 10 heavy (non-hydrogen) atoms. The fourth-order valence-electron chi connectivity index (χ4n) is 0.933. The molecular weight excluding hydrogens is 157 g/mol. The van der Waals surface area contributed by atoms with Crippen molar-refractivity contribution in [3.05, 3.63) is 0 Å². The largest absolute Gasteiger partial charge is 1.00 e. The van der Waals surface area contributed by atoms with E-state index in [0.717, 1.165) is 0 Å². The van der Waals surface area contributed by atoms with Crippen LogP contribution in [0.3, 0.4) is 0 Å². The third kappa shape index (κ3) is 2.60. The van der Waals surface area contributed by atoms with E-state index < -0.39 is 5.97 Å². The maximum Gasteiger partial charge on any atom is 1.00 e. The number of aliphatic carboxylic acids is 1. The van der Waals surface area contributed by atoms with E-state index in [1.165, 1.54) is 0 Å². The number of hydrogen-bond acceptors (Lipinski definition) is 3. The van der Waals surface area contributed by atoms with Crippen LogP contribution in [0.5, 0.6) is 0 Å². The number of carboxylic acids is 1. The van der Waals surface area contributed by atoms with Gasteiger partial charge in [0, 0.05) is 12.6 Å². The Labute approximate surface area is 103 Å². The van der Waals surface area contributed by atoms with Crippen molar-refractivity contribution in [1.82, 2.24) is 4.90 Å². The molecule has 1 heterocycles. The van der Waals surface area contributed by atoms with Crippen molar-refractivity contribution in [1.29, 1.82) is 0 Å². The SMILES string of the molecule is CC(C)N1CC1C(=O)[O-].[K+]. The van der Waals surface area contributed by atoms with Crippen LogP contribution in [-0.2, 0) is 4.79 Å². The summed E-state index contributed by atoms with van der Waals surface area (Å²) in [7, 11) is 0. The normalized spacial score (nSPS) is 29.5. The summed E-state index contributed by atoms with van der Waals surface area (Å²) in [5.41, 5.74) is 0. The molecule has 52 valence electrons. The van der Waals surface area contributed by atoms with Crippen molar-refractivity contribution in [2.24, 2.45) is 0 Å². The molecule has 1 aliphatic heterocycles. The predicted octanol–water partition coefficient (Wildman–Crippen LogP) is -4.17. The summed E-state index contributed by atoms with van der Waals surface area (Å²) in [4.78, 5) is 12.0. The Morgan fingerprint density at radius 2 is 2.20 bits per heavy atom. The van der Waals surface area contributed by atoms with Gasteiger partial charge in [-0.15, -0.1) is 0 Å². The zero-order chi connectivity index (χ0) is 7.02. The topological polar surface area (TPSA) is 43.1 Å². The molecule has 3 nitrogen and oxygen atoms in total. The van der Waals surface area contributed by atoms with Gasteiger partial charge < -0.3 is 9.90 Å². The first-order valence-corrected chi connectivity index (χ1v) is 3.09. The number of rotatable bonds is 2. The van der Waals surface area contributed by atoms with Crippen LogP contribution in [0.25, 0.3) is 0 Å². The van der Waals surface area contributed by atoms with Crippen LogP contribution in [0, 0.1) is 0 Å². The molecule has 1 fully saturated rings. The molecular formula is C6H10KNO2. The number of carbonyl (C=O) groups excluding carboxylic acids is 1. The molecule has 0 radical (unpaired) electrons. The van der Waals surface area contributed by atoms with Crippen molar-refractivity contribution >= 4 is 5.97 Å². The molecule has 0 aromatic rings. The summed E-state index contributed by atoms with van der Waals surface area (Å²) >= 11 is 0. The fourth-order valence-corrected chi connectivity index (χ4v) is 0.933. The maximum absolute atomic E-state index is 10.1. The zero-order valence-electron chi connectivity index (χ0n) is 6.63. The van der Waals surface area contributed by atoms with Crippen molar-refractivity contribution < 1.29 is 61.3 Å². The van der Waals surface area contributed by atoms with Gasteiger partial charge in [0.15, 0.2) is 0 Å². The van der Waals surface area contributed by atoms with Gasteiger partial charge in [-0.1, -0.05) is 0 Å². The van der Waals surface area contributed by atoms with Crippen LogP contribution in [0.4, 0.5) is 0 Å². The molecule has 2 atom stereocenters. The van der Waals surface area contributed by atoms with E-state index in [0.29, 0.717) is 12.6 Å². The molecule has 0 saturated carbocycles. The van der Waals surface area contributed by atoms with E-state index in [1.54, 1.807) is 0 Å². The molecule has 4 heteroatoms. The van der Waals surface area contributed by atoms with Crippen molar-refractivity contribution in [3.63, 3.8) is 0 Å². The van der Waals surface area contributed by atoms with Gasteiger partial charge in [-0.25, -0.2) is 0 Å². The average molecular weight is 167 g/mol. The minimum absolute atomic E-state index is 0. The first kappa shape index (κ1) is 11.1. The third-order valence-corrected chi connectivity index (χ3v) is 1.59. The molecule has 0 aromatic carbocycles. The molecule has 0 aliphatic carbocycles. The van der Waals surface area contributed by atoms with Gasteiger partial charge in [0.1, 0.15) is 0 Å². The Morgan fingerprint density at radius 3 is 2.30 bits per heavy atom. The smallest absolute Gasteiger partial charge is 0.548 e. The van der Waals surface area contributed by atoms with Gasteiger partial charge in [-0.2, -0.15) is 0 Å². The summed E-state index contributed by atoms with van der Waals surface area (Å²) in [5.74, 6) is -0.941. The summed E-state index contributed by atoms with van der Waals surface area (Å²) in [5, 5.41) is 10.1. The summed E-state index contributed by atoms with van der Waals surface area (Å²) in [6, 6.07) is 0.0397. The summed E-state index contributed by atoms with van der Waals surface area (Å²) in [6.07, 6.45) is 0. The van der Waals surface area contributed by atoms with Crippen molar-refractivity contribution in [3.8, 4) is 0 Å². The quantitative estimate of drug-likeness (QED) is 0.310. The summed E-state index contributed by atoms with van der Waals surface area (Å²) < 4.78 is 0. The monoisotopic (exact) mass is 167 g/mol. The Bertz CT molecular complexity index is 138. The fraction of sp³-hybridized carbons (Fsp3) is 0.833. The van der Waals surface area contributed by atoms with Gasteiger partial charge in [0.25, 0.3) is 0 Å². The average Bonchev–Trinajstić information content (AvgIpc) is 2.39. The van der Waals surface area contributed by atoms with Gasteiger partial charge in [0.05, 0.1) is 12.0 Å². The molecule has 1 aliphatic rings. The Balaban J connectivity index is 0.000000810. The number of hydrogen-bond donors (Lipinski definition) is 0. The van der Waals surface area contributed by atoms with E-state index in [2.05, 4.69) is 0 Å². The molecule has 0 bridgehead atoms. The molecule has 1 rings (SSSR count). The van der Waals surface area contributed by atoms with Crippen LogP contribution in [-0.4, -0.2) is 29.5 Å². The number of carbonyl (C=O) groups is 1. The number of nitrogens with zero attached hydrogens (tertiary/aromatic N) is 1. The zero-order valence-corrected chi connectivity index (χ0v) is 9.75. The first-order chi connectivity index (χ1) is 4.13. The van der Waals surface area contributed by atoms with E-state index in [-0.39, 0.29) is 57.4 Å². The van der Waals surface area contributed by atoms with E-state index in [9.17, 15) is 9.90 Å². The van der Waals surface area contributed by atoms with E-state index in [4.69, 9.17) is 0 Å². The molecule has 0 spiro atoms. The second-order valence-electron chi connectivity index (χ2n) is 2.63. The van der Waals surface area contributed by atoms with Crippen LogP contribution >= 0.6 is 0 Å². The van der Waals surface area contributed by atoms with Crippen molar-refractivity contribution in [2.45, 2.75) is 25.9 Å². The second kappa shape index (κ2) is 4.18. The Hall–Kier alpha value is 1.07. The van der Waals surface area contributed by atoms with Crippen LogP contribution in [0.1, 0.15) is 13.8 Å². The Morgan fingerprint density at radius 1 is 1.70 bits per heavy atom. The third-order valence-electron chi connectivity index (χ3n) is 1.59. The predicted molar refractivity (Wildman–Crippen MR) is 30.6 cm³/mol. The van der Waals surface area contributed by atoms with Crippen molar-refractivity contribution in [2.75, 3.05) is 6.54 Å². The van der Waals surface area contributed by atoms with E-state index in [1.807, 2.05) is 18.7 Å².